The van der Waals surface area contributed by atoms with Gasteiger partial charge in [-0.3, -0.25) is 9.11 Å². The molecule has 0 saturated heterocycles. The van der Waals surface area contributed by atoms with Crippen LogP contribution in [0.4, 0.5) is 0 Å². The van der Waals surface area contributed by atoms with Crippen molar-refractivity contribution in [3.05, 3.63) is 34.3 Å². The Morgan fingerprint density at radius 3 is 1.96 bits per heavy atom. The zero-order chi connectivity index (χ0) is 17.2. The Balaban J connectivity index is 0.00000156. The van der Waals surface area contributed by atoms with Crippen molar-refractivity contribution in [2.75, 3.05) is 0 Å². The Morgan fingerprint density at radius 2 is 1.44 bits per heavy atom. The summed E-state index contributed by atoms with van der Waals surface area (Å²) in [5, 5.41) is -0.687. The van der Waals surface area contributed by atoms with Crippen LogP contribution in [0.5, 0.6) is 0 Å². The van der Waals surface area contributed by atoms with Crippen molar-refractivity contribution in [1.82, 2.24) is 0 Å². The first-order valence-corrected chi connectivity index (χ1v) is 9.43. The van der Waals surface area contributed by atoms with Gasteiger partial charge in [0, 0.05) is 11.5 Å². The number of rotatable bonds is 2. The van der Waals surface area contributed by atoms with Gasteiger partial charge >= 0.3 is 59.1 Å². The van der Waals surface area contributed by atoms with Crippen molar-refractivity contribution >= 4 is 124 Å². The molecule has 3 rings (SSSR count). The summed E-state index contributed by atoms with van der Waals surface area (Å²) in [6.45, 7) is 0. The van der Waals surface area contributed by atoms with Crippen molar-refractivity contribution in [3.8, 4) is 0 Å². The van der Waals surface area contributed by atoms with Gasteiger partial charge in [0.05, 0.1) is 15.4 Å². The molecular weight excluding hydrogens is 437 g/mol. The molecule has 0 saturated carbocycles. The number of hydrogen-bond donors (Lipinski definition) is 2. The molecule has 3 aromatic rings. The summed E-state index contributed by atoms with van der Waals surface area (Å²) in [7, 11) is -9.37. The van der Waals surface area contributed by atoms with Crippen LogP contribution in [-0.4, -0.2) is 85.1 Å². The van der Waals surface area contributed by atoms with E-state index in [-0.39, 0.29) is 91.1 Å². The molecule has 0 unspecified atom stereocenters. The molecule has 0 bridgehead atoms. The van der Waals surface area contributed by atoms with Crippen molar-refractivity contribution in [2.24, 2.45) is 0 Å². The van der Waals surface area contributed by atoms with Crippen molar-refractivity contribution in [2.45, 2.75) is 9.79 Å². The van der Waals surface area contributed by atoms with Crippen molar-refractivity contribution < 1.29 is 30.4 Å². The maximum atomic E-state index is 11.6. The van der Waals surface area contributed by atoms with Gasteiger partial charge in [-0.25, -0.2) is 0 Å². The van der Waals surface area contributed by atoms with Crippen LogP contribution in [0.3, 0.4) is 0 Å². The summed E-state index contributed by atoms with van der Waals surface area (Å²) in [4.78, 5) is -1.25. The van der Waals surface area contributed by atoms with E-state index in [9.17, 15) is 25.9 Å². The van der Waals surface area contributed by atoms with E-state index in [4.69, 9.17) is 27.6 Å². The van der Waals surface area contributed by atoms with Gasteiger partial charge in [-0.15, -0.1) is 0 Å². The van der Waals surface area contributed by atoms with Gasteiger partial charge in [-0.1, -0.05) is 23.2 Å². The molecule has 0 radical (unpaired) electrons. The third-order valence-corrected chi connectivity index (χ3v) is 5.82. The van der Waals surface area contributed by atoms with Gasteiger partial charge in [0.25, 0.3) is 20.2 Å². The SMILES string of the molecule is O=S(=O)(O)c1cc2c(cc1Cl)oc1ccc(Cl)c(S(=O)(=O)O)c12.[NaH].[NaH]. The Kier molecular flexibility index (Phi) is 7.52. The van der Waals surface area contributed by atoms with Crippen LogP contribution in [0.25, 0.3) is 21.9 Å². The second kappa shape index (κ2) is 7.94. The molecule has 0 amide bonds. The van der Waals surface area contributed by atoms with Crippen molar-refractivity contribution in [3.63, 3.8) is 0 Å². The Labute approximate surface area is 196 Å². The summed E-state index contributed by atoms with van der Waals surface area (Å²) in [5.74, 6) is 0. The predicted octanol–water partition coefficient (Wildman–Crippen LogP) is 2.09. The van der Waals surface area contributed by atoms with Gasteiger partial charge in [-0.2, -0.15) is 16.8 Å². The summed E-state index contributed by atoms with van der Waals surface area (Å²) in [6, 6.07) is 4.62. The standard InChI is InChI=1S/C12H6Cl2O7S2.2Na.2H/c13-6-1-2-8-11(12(6)23(18,19)20)5-3-10(22(15,16)17)7(14)4-9(5)21-8;;;;/h1-4H,(H,15,16,17)(H,18,19,20);;;;. The predicted molar refractivity (Wildman–Crippen MR) is 97.7 cm³/mol. The van der Waals surface area contributed by atoms with Crippen LogP contribution in [0.1, 0.15) is 0 Å². The number of furan rings is 1. The molecule has 2 aromatic carbocycles. The van der Waals surface area contributed by atoms with Crippen LogP contribution in [-0.2, 0) is 20.2 Å². The van der Waals surface area contributed by atoms with Gasteiger partial charge in [-0.05, 0) is 18.2 Å². The topological polar surface area (TPSA) is 122 Å². The molecular formula is C12H8Cl2Na2O7S2. The first kappa shape index (κ1) is 23.7. The second-order valence-electron chi connectivity index (χ2n) is 4.58. The molecule has 0 aliphatic rings. The molecule has 13 heteroatoms. The van der Waals surface area contributed by atoms with E-state index in [0.29, 0.717) is 0 Å². The first-order chi connectivity index (χ1) is 10.5. The average molecular weight is 445 g/mol. The van der Waals surface area contributed by atoms with E-state index < -0.39 is 30.0 Å². The van der Waals surface area contributed by atoms with Gasteiger partial charge < -0.3 is 4.42 Å². The maximum absolute atomic E-state index is 11.6. The van der Waals surface area contributed by atoms with E-state index >= 15 is 0 Å². The summed E-state index contributed by atoms with van der Waals surface area (Å²) >= 11 is 11.6. The second-order valence-corrected chi connectivity index (χ2v) is 8.14. The minimum atomic E-state index is -4.72. The molecule has 0 atom stereocenters. The Bertz CT molecular complexity index is 1190. The van der Waals surface area contributed by atoms with Gasteiger partial charge in [0.15, 0.2) is 0 Å². The third kappa shape index (κ3) is 4.39. The normalized spacial score (nSPS) is 12.0. The molecule has 0 spiro atoms. The molecule has 7 nitrogen and oxygen atoms in total. The third-order valence-electron chi connectivity index (χ3n) is 3.13. The summed E-state index contributed by atoms with van der Waals surface area (Å²) < 4.78 is 69.9. The monoisotopic (exact) mass is 444 g/mol. The Morgan fingerprint density at radius 1 is 0.840 bits per heavy atom. The summed E-state index contributed by atoms with van der Waals surface area (Å²) in [6.07, 6.45) is 0. The fourth-order valence-corrected chi connectivity index (χ4v) is 4.51. The number of halogens is 2. The summed E-state index contributed by atoms with van der Waals surface area (Å²) in [5.41, 5.74) is 0.102. The van der Waals surface area contributed by atoms with E-state index in [0.717, 1.165) is 12.1 Å². The van der Waals surface area contributed by atoms with Gasteiger partial charge in [0.1, 0.15) is 21.0 Å². The van der Waals surface area contributed by atoms with Crippen LogP contribution in [0.2, 0.25) is 10.0 Å². The van der Waals surface area contributed by atoms with E-state index in [1.54, 1.807) is 0 Å². The van der Waals surface area contributed by atoms with E-state index in [2.05, 4.69) is 0 Å². The quantitative estimate of drug-likeness (QED) is 0.458. The molecule has 0 fully saturated rings. The molecule has 2 N–H and O–H groups in total. The van der Waals surface area contributed by atoms with Crippen LogP contribution >= 0.6 is 23.2 Å². The van der Waals surface area contributed by atoms with Crippen molar-refractivity contribution in [1.29, 1.82) is 0 Å². The number of hydrogen-bond acceptors (Lipinski definition) is 5. The van der Waals surface area contributed by atoms with E-state index in [1.807, 2.05) is 0 Å². The fourth-order valence-electron chi connectivity index (χ4n) is 2.26. The molecule has 25 heavy (non-hydrogen) atoms. The minimum absolute atomic E-state index is 0. The Hall–Kier alpha value is 0.640. The van der Waals surface area contributed by atoms with Crippen LogP contribution in [0, 0.1) is 0 Å². The molecule has 1 aromatic heterocycles. The molecule has 126 valence electrons. The first-order valence-electron chi connectivity index (χ1n) is 5.79. The van der Waals surface area contributed by atoms with Crippen LogP contribution in [0.15, 0.2) is 38.5 Å². The zero-order valence-electron chi connectivity index (χ0n) is 10.8. The number of benzene rings is 2. The van der Waals surface area contributed by atoms with Gasteiger partial charge in [0.2, 0.25) is 0 Å². The average Bonchev–Trinajstić information content (AvgIpc) is 2.72. The molecule has 0 aliphatic carbocycles. The van der Waals surface area contributed by atoms with E-state index in [1.165, 1.54) is 12.1 Å². The number of fused-ring (bicyclic) bond motifs is 3. The molecule has 0 aliphatic heterocycles. The fraction of sp³-hybridized carbons (Fsp3) is 0. The zero-order valence-corrected chi connectivity index (χ0v) is 14.0. The molecule has 1 heterocycles. The van der Waals surface area contributed by atoms with Crippen LogP contribution < -0.4 is 0 Å².